The van der Waals surface area contributed by atoms with Crippen LogP contribution in [0.3, 0.4) is 0 Å². The van der Waals surface area contributed by atoms with E-state index in [4.69, 9.17) is 5.14 Å². The maximum Gasteiger partial charge on any atom is 0.326 e. The topological polar surface area (TPSA) is 118 Å². The minimum absolute atomic E-state index is 0.00380. The average molecular weight is 405 g/mol. The van der Waals surface area contributed by atoms with Crippen molar-refractivity contribution in [3.63, 3.8) is 0 Å². The highest BCUT2D eigenvalue weighted by Crippen LogP contribution is 2.25. The number of rotatable bonds is 6. The zero-order valence-electron chi connectivity index (χ0n) is 12.2. The van der Waals surface area contributed by atoms with Gasteiger partial charge in [0.15, 0.2) is 0 Å². The Bertz CT molecular complexity index is 722. The third-order valence-electron chi connectivity index (χ3n) is 3.74. The van der Waals surface area contributed by atoms with Crippen LogP contribution in [0.5, 0.6) is 0 Å². The molecule has 0 spiro atoms. The van der Waals surface area contributed by atoms with E-state index in [1.807, 2.05) is 6.07 Å². The van der Waals surface area contributed by atoms with Crippen molar-refractivity contribution >= 4 is 37.8 Å². The molecule has 2 rings (SSSR count). The van der Waals surface area contributed by atoms with Gasteiger partial charge in [0.25, 0.3) is 0 Å². The van der Waals surface area contributed by atoms with Crippen LogP contribution in [0, 0.1) is 5.92 Å². The van der Waals surface area contributed by atoms with Crippen LogP contribution in [-0.4, -0.2) is 48.6 Å². The molecule has 7 nitrogen and oxygen atoms in total. The van der Waals surface area contributed by atoms with E-state index >= 15 is 0 Å². The molecule has 23 heavy (non-hydrogen) atoms. The number of nitrogens with zero attached hydrogens (tertiary/aromatic N) is 1. The Morgan fingerprint density at radius 1 is 1.43 bits per heavy atom. The lowest BCUT2D eigenvalue weighted by Crippen LogP contribution is -2.44. The molecule has 9 heteroatoms. The summed E-state index contributed by atoms with van der Waals surface area (Å²) in [5.74, 6) is -2.28. The molecule has 0 aromatic heterocycles. The molecular weight excluding hydrogens is 388 g/mol. The molecule has 1 aromatic rings. The van der Waals surface area contributed by atoms with Crippen LogP contribution in [0.15, 0.2) is 28.7 Å². The maximum absolute atomic E-state index is 12.1. The standard InChI is InChI=1S/C14H17BrN2O5S/c15-11-4-2-1-3-10(11)6-12(14(19)20)17-7-9(5-13(17)18)8-23(16,21)22/h1-4,9,12H,5-8H2,(H,19,20)(H2,16,21,22)/t9?,12-/m0/s1. The van der Waals surface area contributed by atoms with Crippen LogP contribution in [0.25, 0.3) is 0 Å². The SMILES string of the molecule is NS(=O)(=O)CC1CC(=O)N([C@@H](Cc2ccccc2Br)C(=O)O)C1. The van der Waals surface area contributed by atoms with E-state index in [2.05, 4.69) is 15.9 Å². The highest BCUT2D eigenvalue weighted by molar-refractivity contribution is 9.10. The normalized spacial score (nSPS) is 19.8. The summed E-state index contributed by atoms with van der Waals surface area (Å²) in [6.07, 6.45) is 0.140. The molecule has 3 N–H and O–H groups in total. The summed E-state index contributed by atoms with van der Waals surface area (Å²) < 4.78 is 23.1. The zero-order valence-corrected chi connectivity index (χ0v) is 14.6. The molecular formula is C14H17BrN2O5S. The van der Waals surface area contributed by atoms with E-state index in [9.17, 15) is 23.1 Å². The second-order valence-corrected chi connectivity index (χ2v) is 8.11. The lowest BCUT2D eigenvalue weighted by Gasteiger charge is -2.25. The van der Waals surface area contributed by atoms with Gasteiger partial charge in [-0.3, -0.25) is 4.79 Å². The molecule has 1 saturated heterocycles. The van der Waals surface area contributed by atoms with E-state index in [1.54, 1.807) is 18.2 Å². The van der Waals surface area contributed by atoms with Crippen molar-refractivity contribution in [2.75, 3.05) is 12.3 Å². The largest absolute Gasteiger partial charge is 0.480 e. The van der Waals surface area contributed by atoms with Crippen molar-refractivity contribution in [1.82, 2.24) is 4.90 Å². The number of sulfonamides is 1. The number of carbonyl (C=O) groups is 2. The molecule has 1 aromatic carbocycles. The number of carbonyl (C=O) groups excluding carboxylic acids is 1. The number of likely N-dealkylation sites (tertiary alicyclic amines) is 1. The number of primary sulfonamides is 1. The monoisotopic (exact) mass is 404 g/mol. The highest BCUT2D eigenvalue weighted by Gasteiger charge is 2.39. The van der Waals surface area contributed by atoms with E-state index in [0.29, 0.717) is 0 Å². The van der Waals surface area contributed by atoms with Gasteiger partial charge in [0.2, 0.25) is 15.9 Å². The van der Waals surface area contributed by atoms with Crippen LogP contribution in [0.4, 0.5) is 0 Å². The lowest BCUT2D eigenvalue weighted by molar-refractivity contribution is -0.148. The van der Waals surface area contributed by atoms with Crippen molar-refractivity contribution in [1.29, 1.82) is 0 Å². The summed E-state index contributed by atoms with van der Waals surface area (Å²) in [6.45, 7) is 0.0800. The Morgan fingerprint density at radius 2 is 2.09 bits per heavy atom. The number of hydrogen-bond acceptors (Lipinski definition) is 4. The molecule has 0 radical (unpaired) electrons. The smallest absolute Gasteiger partial charge is 0.326 e. The number of carboxylic acids is 1. The first-order valence-corrected chi connectivity index (χ1v) is 9.44. The Labute approximate surface area is 142 Å². The minimum atomic E-state index is -3.70. The molecule has 0 saturated carbocycles. The van der Waals surface area contributed by atoms with E-state index in [-0.39, 0.29) is 31.0 Å². The predicted octanol–water partition coefficient (Wildman–Crippen LogP) is 0.582. The summed E-state index contributed by atoms with van der Waals surface area (Å²) in [5.41, 5.74) is 0.766. The molecule has 1 fully saturated rings. The van der Waals surface area contributed by atoms with E-state index in [0.717, 1.165) is 10.0 Å². The van der Waals surface area contributed by atoms with Crippen LogP contribution in [0.2, 0.25) is 0 Å². The van der Waals surface area contributed by atoms with Crippen LogP contribution < -0.4 is 5.14 Å². The third kappa shape index (κ3) is 4.76. The quantitative estimate of drug-likeness (QED) is 0.718. The minimum Gasteiger partial charge on any atom is -0.480 e. The number of hydrogen-bond donors (Lipinski definition) is 2. The van der Waals surface area contributed by atoms with Crippen LogP contribution in [0.1, 0.15) is 12.0 Å². The number of carboxylic acid groups (broad SMARTS) is 1. The lowest BCUT2D eigenvalue weighted by atomic mass is 10.0. The van der Waals surface area contributed by atoms with Crippen LogP contribution in [-0.2, 0) is 26.0 Å². The van der Waals surface area contributed by atoms with Gasteiger partial charge in [-0.05, 0) is 11.6 Å². The third-order valence-corrected chi connectivity index (χ3v) is 5.45. The van der Waals surface area contributed by atoms with Crippen molar-refractivity contribution in [2.45, 2.75) is 18.9 Å². The fourth-order valence-corrected chi connectivity index (χ4v) is 4.08. The summed E-state index contributed by atoms with van der Waals surface area (Å²) in [4.78, 5) is 24.9. The summed E-state index contributed by atoms with van der Waals surface area (Å²) in [7, 11) is -3.70. The molecule has 1 aliphatic heterocycles. The molecule has 0 bridgehead atoms. The first-order chi connectivity index (χ1) is 10.7. The van der Waals surface area contributed by atoms with Gasteiger partial charge in [0.05, 0.1) is 5.75 Å². The molecule has 1 heterocycles. The Hall–Kier alpha value is -1.45. The molecule has 126 valence electrons. The Morgan fingerprint density at radius 3 is 2.65 bits per heavy atom. The van der Waals surface area contributed by atoms with Crippen molar-refractivity contribution in [3.8, 4) is 0 Å². The number of nitrogens with two attached hydrogens (primary N) is 1. The fraction of sp³-hybridized carbons (Fsp3) is 0.429. The Kier molecular flexibility index (Phi) is 5.43. The molecule has 1 aliphatic rings. The summed E-state index contributed by atoms with van der Waals surface area (Å²) in [5, 5.41) is 14.5. The maximum atomic E-state index is 12.1. The molecule has 0 aliphatic carbocycles. The number of amides is 1. The second kappa shape index (κ2) is 6.98. The number of halogens is 1. The van der Waals surface area contributed by atoms with Crippen molar-refractivity contribution in [3.05, 3.63) is 34.3 Å². The number of benzene rings is 1. The van der Waals surface area contributed by atoms with Gasteiger partial charge < -0.3 is 10.0 Å². The Balaban J connectivity index is 2.17. The first-order valence-electron chi connectivity index (χ1n) is 6.93. The highest BCUT2D eigenvalue weighted by atomic mass is 79.9. The van der Waals surface area contributed by atoms with Crippen molar-refractivity contribution < 1.29 is 23.1 Å². The predicted molar refractivity (Wildman–Crippen MR) is 87.1 cm³/mol. The summed E-state index contributed by atoms with van der Waals surface area (Å²) in [6, 6.07) is 6.14. The summed E-state index contributed by atoms with van der Waals surface area (Å²) >= 11 is 3.36. The average Bonchev–Trinajstić information content (AvgIpc) is 2.75. The molecule has 1 unspecified atom stereocenters. The number of aliphatic carboxylic acids is 1. The van der Waals surface area contributed by atoms with Gasteiger partial charge in [-0.15, -0.1) is 0 Å². The molecule has 1 amide bonds. The zero-order chi connectivity index (χ0) is 17.2. The second-order valence-electron chi connectivity index (χ2n) is 5.60. The van der Waals surface area contributed by atoms with Gasteiger partial charge >= 0.3 is 5.97 Å². The van der Waals surface area contributed by atoms with E-state index in [1.165, 1.54) is 4.90 Å². The van der Waals surface area contributed by atoms with Gasteiger partial charge in [0, 0.05) is 29.8 Å². The van der Waals surface area contributed by atoms with Crippen LogP contribution >= 0.6 is 15.9 Å². The van der Waals surface area contributed by atoms with Gasteiger partial charge in [-0.2, -0.15) is 0 Å². The molecule has 2 atom stereocenters. The van der Waals surface area contributed by atoms with Gasteiger partial charge in [-0.1, -0.05) is 34.1 Å². The fourth-order valence-electron chi connectivity index (χ4n) is 2.75. The van der Waals surface area contributed by atoms with Gasteiger partial charge in [0.1, 0.15) is 6.04 Å². The van der Waals surface area contributed by atoms with Crippen molar-refractivity contribution in [2.24, 2.45) is 11.1 Å². The first kappa shape index (κ1) is 17.9. The van der Waals surface area contributed by atoms with E-state index < -0.39 is 28.0 Å². The van der Waals surface area contributed by atoms with Gasteiger partial charge in [-0.25, -0.2) is 18.4 Å².